The molecule has 2 rings (SSSR count). The van der Waals surface area contributed by atoms with E-state index in [0.29, 0.717) is 17.4 Å². The van der Waals surface area contributed by atoms with Crippen molar-refractivity contribution in [2.75, 3.05) is 23.7 Å². The Kier molecular flexibility index (Phi) is 3.74. The van der Waals surface area contributed by atoms with Crippen LogP contribution in [0.1, 0.15) is 6.92 Å². The van der Waals surface area contributed by atoms with E-state index in [2.05, 4.69) is 9.97 Å². The van der Waals surface area contributed by atoms with Gasteiger partial charge in [-0.2, -0.15) is 0 Å². The van der Waals surface area contributed by atoms with E-state index in [0.717, 1.165) is 6.54 Å². The average molecular weight is 291 g/mol. The average Bonchev–Trinajstić information content (AvgIpc) is 2.58. The summed E-state index contributed by atoms with van der Waals surface area (Å²) < 4.78 is 22.3. The molecule has 2 heterocycles. The third-order valence-corrected chi connectivity index (χ3v) is 4.32. The quantitative estimate of drug-likeness (QED) is 0.875. The fraction of sp³-hybridized carbons (Fsp3) is 0.600. The number of primary sulfonamides is 1. The highest BCUT2D eigenvalue weighted by Gasteiger charge is 2.33. The van der Waals surface area contributed by atoms with Gasteiger partial charge in [-0.3, -0.25) is 0 Å². The van der Waals surface area contributed by atoms with Gasteiger partial charge in [-0.05, 0) is 11.8 Å². The van der Waals surface area contributed by atoms with Crippen LogP contribution in [-0.4, -0.2) is 37.2 Å². The lowest BCUT2D eigenvalue weighted by molar-refractivity contribution is 0.486. The van der Waals surface area contributed by atoms with Gasteiger partial charge in [0.25, 0.3) is 0 Å². The summed E-state index contributed by atoms with van der Waals surface area (Å²) in [5.41, 5.74) is 0. The van der Waals surface area contributed by atoms with Crippen LogP contribution >= 0.6 is 11.6 Å². The zero-order valence-electron chi connectivity index (χ0n) is 9.95. The highest BCUT2D eigenvalue weighted by atomic mass is 35.5. The number of nitrogens with two attached hydrogens (primary N) is 1. The maximum absolute atomic E-state index is 11.2. The second-order valence-electron chi connectivity index (χ2n) is 4.67. The van der Waals surface area contributed by atoms with E-state index >= 15 is 0 Å². The summed E-state index contributed by atoms with van der Waals surface area (Å²) in [5, 5.41) is 5.57. The molecule has 0 amide bonds. The Labute approximate surface area is 111 Å². The number of nitrogens with zero attached hydrogens (tertiary/aromatic N) is 3. The third-order valence-electron chi connectivity index (χ3n) is 3.16. The lowest BCUT2D eigenvalue weighted by atomic mass is 10.0. The van der Waals surface area contributed by atoms with Gasteiger partial charge in [-0.1, -0.05) is 18.5 Å². The molecule has 0 spiro atoms. The Morgan fingerprint density at radius 3 is 2.89 bits per heavy atom. The van der Waals surface area contributed by atoms with Crippen molar-refractivity contribution in [3.05, 3.63) is 17.5 Å². The molecular formula is C10H15ClN4O2S. The number of aromatic nitrogens is 2. The van der Waals surface area contributed by atoms with Gasteiger partial charge in [0.05, 0.1) is 11.9 Å². The second kappa shape index (κ2) is 4.99. The summed E-state index contributed by atoms with van der Waals surface area (Å²) in [7, 11) is -3.45. The minimum absolute atomic E-state index is 0.00559. The van der Waals surface area contributed by atoms with Crippen LogP contribution in [0.25, 0.3) is 0 Å². The second-order valence-corrected chi connectivity index (χ2v) is 6.73. The minimum Gasteiger partial charge on any atom is -0.355 e. The molecule has 0 unspecified atom stereocenters. The summed E-state index contributed by atoms with van der Waals surface area (Å²) >= 11 is 6.02. The Bertz CT molecular complexity index is 536. The maximum atomic E-state index is 11.2. The van der Waals surface area contributed by atoms with Gasteiger partial charge < -0.3 is 4.90 Å². The highest BCUT2D eigenvalue weighted by Crippen LogP contribution is 2.30. The van der Waals surface area contributed by atoms with Crippen molar-refractivity contribution >= 4 is 27.4 Å². The van der Waals surface area contributed by atoms with E-state index in [9.17, 15) is 8.42 Å². The zero-order valence-corrected chi connectivity index (χ0v) is 11.5. The van der Waals surface area contributed by atoms with Crippen LogP contribution in [-0.2, 0) is 10.0 Å². The van der Waals surface area contributed by atoms with Crippen LogP contribution in [0.4, 0.5) is 5.82 Å². The molecule has 1 aliphatic rings. The van der Waals surface area contributed by atoms with E-state index in [4.69, 9.17) is 16.7 Å². The van der Waals surface area contributed by atoms with Gasteiger partial charge in [0.1, 0.15) is 11.3 Å². The van der Waals surface area contributed by atoms with Crippen molar-refractivity contribution in [1.82, 2.24) is 9.97 Å². The molecule has 2 atom stereocenters. The van der Waals surface area contributed by atoms with Crippen LogP contribution in [0.2, 0.25) is 5.02 Å². The molecule has 18 heavy (non-hydrogen) atoms. The predicted octanol–water partition coefficient (Wildman–Crippen LogP) is 0.491. The van der Waals surface area contributed by atoms with Crippen molar-refractivity contribution in [2.24, 2.45) is 17.0 Å². The number of sulfonamides is 1. The lowest BCUT2D eigenvalue weighted by Gasteiger charge is -2.17. The van der Waals surface area contributed by atoms with Gasteiger partial charge in [-0.25, -0.2) is 23.5 Å². The minimum atomic E-state index is -3.45. The van der Waals surface area contributed by atoms with E-state index in [1.54, 1.807) is 0 Å². The first-order valence-corrected chi connectivity index (χ1v) is 7.67. The van der Waals surface area contributed by atoms with E-state index in [1.807, 2.05) is 11.8 Å². The van der Waals surface area contributed by atoms with E-state index in [-0.39, 0.29) is 17.6 Å². The summed E-state index contributed by atoms with van der Waals surface area (Å²) in [4.78, 5) is 9.93. The smallest absolute Gasteiger partial charge is 0.209 e. The zero-order chi connectivity index (χ0) is 13.3. The number of rotatable bonds is 3. The molecule has 0 bridgehead atoms. The Morgan fingerprint density at radius 1 is 1.56 bits per heavy atom. The topological polar surface area (TPSA) is 89.2 Å². The molecule has 2 N–H and O–H groups in total. The third kappa shape index (κ3) is 3.09. The first-order valence-electron chi connectivity index (χ1n) is 5.58. The van der Waals surface area contributed by atoms with Crippen LogP contribution in [0.5, 0.6) is 0 Å². The summed E-state index contributed by atoms with van der Waals surface area (Å²) in [6.45, 7) is 3.32. The van der Waals surface area contributed by atoms with E-state index < -0.39 is 10.0 Å². The molecule has 8 heteroatoms. The monoisotopic (exact) mass is 290 g/mol. The highest BCUT2D eigenvalue weighted by molar-refractivity contribution is 7.89. The number of hydrogen-bond acceptors (Lipinski definition) is 5. The van der Waals surface area contributed by atoms with Crippen molar-refractivity contribution < 1.29 is 8.42 Å². The summed E-state index contributed by atoms with van der Waals surface area (Å²) in [6, 6.07) is 0. The Balaban J connectivity index is 2.14. The molecule has 100 valence electrons. The van der Waals surface area contributed by atoms with Crippen molar-refractivity contribution in [3.63, 3.8) is 0 Å². The predicted molar refractivity (Wildman–Crippen MR) is 69.9 cm³/mol. The first kappa shape index (κ1) is 13.5. The normalized spacial score (nSPS) is 24.5. The molecule has 1 aromatic heterocycles. The largest absolute Gasteiger partial charge is 0.355 e. The number of anilines is 1. The van der Waals surface area contributed by atoms with Crippen molar-refractivity contribution in [1.29, 1.82) is 0 Å². The number of hydrogen-bond donors (Lipinski definition) is 1. The number of halogens is 1. The summed E-state index contributed by atoms with van der Waals surface area (Å²) in [6.07, 6.45) is 2.96. The molecule has 0 aromatic carbocycles. The fourth-order valence-electron chi connectivity index (χ4n) is 2.26. The van der Waals surface area contributed by atoms with Gasteiger partial charge in [-0.15, -0.1) is 0 Å². The molecule has 0 radical (unpaired) electrons. The molecule has 1 aliphatic heterocycles. The van der Waals surface area contributed by atoms with Crippen molar-refractivity contribution in [2.45, 2.75) is 6.92 Å². The van der Waals surface area contributed by atoms with Crippen LogP contribution in [0, 0.1) is 11.8 Å². The first-order chi connectivity index (χ1) is 8.37. The standard InChI is InChI=1S/C10H15ClN4O2S/c1-7-3-15(4-8(7)5-18(12,16)17)10-9(11)2-13-6-14-10/h2,6-8H,3-5H2,1H3,(H2,12,16,17)/t7-,8+/m1/s1. The van der Waals surface area contributed by atoms with E-state index in [1.165, 1.54) is 12.5 Å². The molecular weight excluding hydrogens is 276 g/mol. The molecule has 1 aromatic rings. The van der Waals surface area contributed by atoms with Gasteiger partial charge in [0.15, 0.2) is 5.82 Å². The SMILES string of the molecule is C[C@@H]1CN(c2ncncc2Cl)C[C@H]1CS(N)(=O)=O. The molecule has 1 saturated heterocycles. The summed E-state index contributed by atoms with van der Waals surface area (Å²) in [5.74, 6) is 0.878. The molecule has 6 nitrogen and oxygen atoms in total. The van der Waals surface area contributed by atoms with Crippen LogP contribution in [0.15, 0.2) is 12.5 Å². The molecule has 1 fully saturated rings. The lowest BCUT2D eigenvalue weighted by Crippen LogP contribution is -2.27. The van der Waals surface area contributed by atoms with Gasteiger partial charge in [0.2, 0.25) is 10.0 Å². The van der Waals surface area contributed by atoms with Gasteiger partial charge in [0, 0.05) is 13.1 Å². The maximum Gasteiger partial charge on any atom is 0.209 e. The fourth-order valence-corrected chi connectivity index (χ4v) is 3.52. The molecule has 0 saturated carbocycles. The van der Waals surface area contributed by atoms with Crippen LogP contribution in [0.3, 0.4) is 0 Å². The van der Waals surface area contributed by atoms with Crippen molar-refractivity contribution in [3.8, 4) is 0 Å². The Hall–Kier alpha value is -0.920. The Morgan fingerprint density at radius 2 is 2.28 bits per heavy atom. The molecule has 0 aliphatic carbocycles. The van der Waals surface area contributed by atoms with Crippen LogP contribution < -0.4 is 10.0 Å². The van der Waals surface area contributed by atoms with Gasteiger partial charge >= 0.3 is 0 Å².